The van der Waals surface area contributed by atoms with Crippen molar-refractivity contribution in [2.45, 2.75) is 11.8 Å². The number of carbonyl (C=O) groups excluding carboxylic acids is 1. The van der Waals surface area contributed by atoms with Crippen LogP contribution < -0.4 is 10.1 Å². The maximum Gasteiger partial charge on any atom is 0.234 e. The molecule has 0 radical (unpaired) electrons. The highest BCUT2D eigenvalue weighted by Crippen LogP contribution is 2.23. The van der Waals surface area contributed by atoms with E-state index in [-0.39, 0.29) is 5.91 Å². The second-order valence-electron chi connectivity index (χ2n) is 4.47. The Labute approximate surface area is 133 Å². The van der Waals surface area contributed by atoms with Gasteiger partial charge in [0.2, 0.25) is 5.91 Å². The molecule has 0 aliphatic heterocycles. The molecule has 1 amide bonds. The topological polar surface area (TPSA) is 38.3 Å². The van der Waals surface area contributed by atoms with Gasteiger partial charge in [-0.05, 0) is 55.0 Å². The van der Waals surface area contributed by atoms with Crippen LogP contribution >= 0.6 is 23.4 Å². The molecule has 0 aliphatic rings. The number of methoxy groups -OCH3 is 1. The minimum Gasteiger partial charge on any atom is -0.497 e. The van der Waals surface area contributed by atoms with Gasteiger partial charge in [0, 0.05) is 15.6 Å². The molecule has 1 N–H and O–H groups in total. The molecule has 0 unspecified atom stereocenters. The molecule has 21 heavy (non-hydrogen) atoms. The van der Waals surface area contributed by atoms with Crippen LogP contribution in [0.1, 0.15) is 5.56 Å². The zero-order valence-corrected chi connectivity index (χ0v) is 13.4. The number of benzene rings is 2. The zero-order chi connectivity index (χ0) is 15.2. The average molecular weight is 322 g/mol. The van der Waals surface area contributed by atoms with Gasteiger partial charge in [0.25, 0.3) is 0 Å². The normalized spacial score (nSPS) is 10.2. The Kier molecular flexibility index (Phi) is 5.53. The van der Waals surface area contributed by atoms with Crippen molar-refractivity contribution in [3.05, 3.63) is 53.1 Å². The van der Waals surface area contributed by atoms with Gasteiger partial charge in [-0.25, -0.2) is 0 Å². The number of hydrogen-bond donors (Lipinski definition) is 1. The fraction of sp³-hybridized carbons (Fsp3) is 0.188. The summed E-state index contributed by atoms with van der Waals surface area (Å²) in [7, 11) is 1.63. The van der Waals surface area contributed by atoms with Gasteiger partial charge in [-0.15, -0.1) is 11.8 Å². The maximum atomic E-state index is 12.0. The van der Waals surface area contributed by atoms with E-state index in [1.165, 1.54) is 11.8 Å². The quantitative estimate of drug-likeness (QED) is 0.830. The monoisotopic (exact) mass is 321 g/mol. The highest BCUT2D eigenvalue weighted by atomic mass is 35.5. The first kappa shape index (κ1) is 15.7. The predicted molar refractivity (Wildman–Crippen MR) is 88.5 cm³/mol. The fourth-order valence-corrected chi connectivity index (χ4v) is 2.70. The second-order valence-corrected chi connectivity index (χ2v) is 5.96. The summed E-state index contributed by atoms with van der Waals surface area (Å²) in [6.45, 7) is 1.91. The van der Waals surface area contributed by atoms with Crippen molar-refractivity contribution in [2.75, 3.05) is 18.2 Å². The van der Waals surface area contributed by atoms with Crippen LogP contribution in [0.4, 0.5) is 5.69 Å². The zero-order valence-electron chi connectivity index (χ0n) is 11.9. The molecule has 5 heteroatoms. The molecule has 0 aromatic heterocycles. The SMILES string of the molecule is COc1ccc(SCC(=O)Nc2ccc(Cl)cc2C)cc1. The molecule has 0 saturated carbocycles. The lowest BCUT2D eigenvalue weighted by molar-refractivity contribution is -0.113. The molecule has 2 rings (SSSR count). The molecule has 2 aromatic carbocycles. The van der Waals surface area contributed by atoms with Crippen LogP contribution in [0.15, 0.2) is 47.4 Å². The van der Waals surface area contributed by atoms with Gasteiger partial charge >= 0.3 is 0 Å². The van der Waals surface area contributed by atoms with E-state index in [4.69, 9.17) is 16.3 Å². The van der Waals surface area contributed by atoms with Gasteiger partial charge in [-0.1, -0.05) is 11.6 Å². The summed E-state index contributed by atoms with van der Waals surface area (Å²) in [5.41, 5.74) is 1.74. The van der Waals surface area contributed by atoms with Gasteiger partial charge in [0.1, 0.15) is 5.75 Å². The molecule has 0 fully saturated rings. The molecule has 0 spiro atoms. The minimum absolute atomic E-state index is 0.0405. The molecule has 0 saturated heterocycles. The molecule has 0 atom stereocenters. The predicted octanol–water partition coefficient (Wildman–Crippen LogP) is 4.39. The summed E-state index contributed by atoms with van der Waals surface area (Å²) < 4.78 is 5.10. The minimum atomic E-state index is -0.0405. The Morgan fingerprint density at radius 3 is 2.57 bits per heavy atom. The van der Waals surface area contributed by atoms with Crippen LogP contribution in [0.25, 0.3) is 0 Å². The highest BCUT2D eigenvalue weighted by Gasteiger charge is 2.06. The Morgan fingerprint density at radius 1 is 1.24 bits per heavy atom. The Morgan fingerprint density at radius 2 is 1.95 bits per heavy atom. The fourth-order valence-electron chi connectivity index (χ4n) is 1.77. The third-order valence-corrected chi connectivity index (χ3v) is 4.14. The van der Waals surface area contributed by atoms with Crippen molar-refractivity contribution in [3.63, 3.8) is 0 Å². The van der Waals surface area contributed by atoms with Crippen LogP contribution in [-0.2, 0) is 4.79 Å². The molecule has 2 aromatic rings. The van der Waals surface area contributed by atoms with E-state index in [9.17, 15) is 4.79 Å². The molecule has 0 bridgehead atoms. The van der Waals surface area contributed by atoms with Crippen molar-refractivity contribution in [1.29, 1.82) is 0 Å². The first-order chi connectivity index (χ1) is 10.1. The van der Waals surface area contributed by atoms with Crippen LogP contribution in [0, 0.1) is 6.92 Å². The number of carbonyl (C=O) groups is 1. The molecular weight excluding hydrogens is 306 g/mol. The molecular formula is C16H16ClNO2S. The van der Waals surface area contributed by atoms with Crippen molar-refractivity contribution < 1.29 is 9.53 Å². The number of aryl methyl sites for hydroxylation is 1. The number of rotatable bonds is 5. The summed E-state index contributed by atoms with van der Waals surface area (Å²) in [4.78, 5) is 13.0. The van der Waals surface area contributed by atoms with E-state index in [0.717, 1.165) is 21.9 Å². The Balaban J connectivity index is 1.89. The number of anilines is 1. The van der Waals surface area contributed by atoms with Gasteiger partial charge in [-0.3, -0.25) is 4.79 Å². The maximum absolute atomic E-state index is 12.0. The van der Waals surface area contributed by atoms with Crippen LogP contribution in [0.2, 0.25) is 5.02 Å². The van der Waals surface area contributed by atoms with E-state index in [1.54, 1.807) is 13.2 Å². The standard InChI is InChI=1S/C16H16ClNO2S/c1-11-9-12(17)3-8-15(11)18-16(19)10-21-14-6-4-13(20-2)5-7-14/h3-9H,10H2,1-2H3,(H,18,19). The van der Waals surface area contributed by atoms with E-state index in [2.05, 4.69) is 5.32 Å². The molecule has 0 heterocycles. The number of hydrogen-bond acceptors (Lipinski definition) is 3. The van der Waals surface area contributed by atoms with E-state index >= 15 is 0 Å². The van der Waals surface area contributed by atoms with Gasteiger partial charge in [0.15, 0.2) is 0 Å². The van der Waals surface area contributed by atoms with Crippen LogP contribution in [0.5, 0.6) is 5.75 Å². The van der Waals surface area contributed by atoms with E-state index in [0.29, 0.717) is 10.8 Å². The lowest BCUT2D eigenvalue weighted by atomic mass is 10.2. The van der Waals surface area contributed by atoms with Crippen molar-refractivity contribution >= 4 is 35.0 Å². The first-order valence-corrected chi connectivity index (χ1v) is 7.77. The summed E-state index contributed by atoms with van der Waals surface area (Å²) in [6.07, 6.45) is 0. The number of nitrogens with one attached hydrogen (secondary N) is 1. The Hall–Kier alpha value is -1.65. The largest absolute Gasteiger partial charge is 0.497 e. The molecule has 3 nitrogen and oxygen atoms in total. The lowest BCUT2D eigenvalue weighted by Crippen LogP contribution is -2.14. The summed E-state index contributed by atoms with van der Waals surface area (Å²) >= 11 is 7.37. The number of amides is 1. The molecule has 0 aliphatic carbocycles. The van der Waals surface area contributed by atoms with Gasteiger partial charge in [0.05, 0.1) is 12.9 Å². The number of thioether (sulfide) groups is 1. The lowest BCUT2D eigenvalue weighted by Gasteiger charge is -2.08. The summed E-state index contributed by atoms with van der Waals surface area (Å²) in [5, 5.41) is 3.55. The van der Waals surface area contributed by atoms with E-state index in [1.807, 2.05) is 43.3 Å². The third kappa shape index (κ3) is 4.69. The highest BCUT2D eigenvalue weighted by molar-refractivity contribution is 8.00. The third-order valence-electron chi connectivity index (χ3n) is 2.89. The summed E-state index contributed by atoms with van der Waals surface area (Å²) in [6, 6.07) is 13.0. The average Bonchev–Trinajstić information content (AvgIpc) is 2.48. The Bertz CT molecular complexity index is 629. The van der Waals surface area contributed by atoms with E-state index < -0.39 is 0 Å². The van der Waals surface area contributed by atoms with Crippen LogP contribution in [-0.4, -0.2) is 18.8 Å². The van der Waals surface area contributed by atoms with Crippen molar-refractivity contribution in [3.8, 4) is 5.75 Å². The van der Waals surface area contributed by atoms with Gasteiger partial charge in [-0.2, -0.15) is 0 Å². The second kappa shape index (κ2) is 7.38. The van der Waals surface area contributed by atoms with Crippen molar-refractivity contribution in [2.24, 2.45) is 0 Å². The summed E-state index contributed by atoms with van der Waals surface area (Å²) in [5.74, 6) is 1.12. The molecule has 110 valence electrons. The smallest absolute Gasteiger partial charge is 0.234 e. The van der Waals surface area contributed by atoms with Gasteiger partial charge < -0.3 is 10.1 Å². The first-order valence-electron chi connectivity index (χ1n) is 6.41. The number of ether oxygens (including phenoxy) is 1. The number of halogens is 1. The van der Waals surface area contributed by atoms with Crippen molar-refractivity contribution in [1.82, 2.24) is 0 Å². The van der Waals surface area contributed by atoms with Crippen LogP contribution in [0.3, 0.4) is 0 Å².